The predicted octanol–water partition coefficient (Wildman–Crippen LogP) is 23.2. The second kappa shape index (κ2) is 67.3. The lowest BCUT2D eigenvalue weighted by Gasteiger charge is -2.18. The molecule has 0 aliphatic rings. The monoisotopic (exact) mass is 1110 g/mol. The minimum absolute atomic E-state index is 0.106. The Morgan fingerprint density at radius 2 is 0.537 bits per heavy atom. The van der Waals surface area contributed by atoms with Gasteiger partial charge in [0.1, 0.15) is 13.2 Å². The third-order valence-corrected chi connectivity index (χ3v) is 14.2. The average Bonchev–Trinajstić information content (AvgIpc) is 3.46. The van der Waals surface area contributed by atoms with Gasteiger partial charge in [-0.25, -0.2) is 0 Å². The number of rotatable bonds is 60. The van der Waals surface area contributed by atoms with E-state index in [2.05, 4.69) is 130 Å². The van der Waals surface area contributed by atoms with Gasteiger partial charge < -0.3 is 14.2 Å². The molecule has 0 radical (unpaired) electrons. The number of carbonyl (C=O) groups excluding carboxylic acids is 3. The van der Waals surface area contributed by atoms with E-state index >= 15 is 0 Å². The molecule has 6 heteroatoms. The van der Waals surface area contributed by atoms with Crippen molar-refractivity contribution in [1.82, 2.24) is 0 Å². The molecule has 0 bridgehead atoms. The molecule has 1 atom stereocenters. The van der Waals surface area contributed by atoms with E-state index < -0.39 is 12.1 Å². The first-order chi connectivity index (χ1) is 39.5. The summed E-state index contributed by atoms with van der Waals surface area (Å²) in [6, 6.07) is 0. The van der Waals surface area contributed by atoms with Crippen LogP contribution in [0.5, 0.6) is 0 Å². The van der Waals surface area contributed by atoms with Gasteiger partial charge >= 0.3 is 17.9 Å². The summed E-state index contributed by atoms with van der Waals surface area (Å²) in [7, 11) is 0. The van der Waals surface area contributed by atoms with Crippen LogP contribution in [0.15, 0.2) is 122 Å². The average molecular weight is 1110 g/mol. The fraction of sp³-hybridized carbons (Fsp3) is 0.689. The molecular weight excluding hydrogens is 985 g/mol. The van der Waals surface area contributed by atoms with E-state index in [1.165, 1.54) is 167 Å². The third kappa shape index (κ3) is 64.6. The minimum atomic E-state index is -0.819. The lowest BCUT2D eigenvalue weighted by molar-refractivity contribution is -0.166. The van der Waals surface area contributed by atoms with E-state index in [0.717, 1.165) is 103 Å². The van der Waals surface area contributed by atoms with Gasteiger partial charge in [0.15, 0.2) is 6.10 Å². The fourth-order valence-corrected chi connectivity index (χ4v) is 9.31. The molecule has 0 rings (SSSR count). The standard InChI is InChI=1S/C74H124O6/c1-4-7-10-13-16-19-22-25-28-30-31-32-33-34-35-36-37-38-39-40-41-42-43-44-47-49-52-55-58-61-64-67-73(76)79-70-71(69-78-72(75)66-63-60-57-54-51-48-45-27-24-21-18-15-12-9-6-3)80-74(77)68-65-62-59-56-53-50-46-29-26-23-20-17-14-11-8-5-2/h7,9-10,12,16,18-19,21,25,27-28,31-32,34-35,45,51,54,60,63,71H,4-6,8,11,13-15,17,20,22-24,26,29-30,33,36-44,46-50,52-53,55-59,61-62,64-70H2,1-3H3/b10-7-,12-9-,19-16-,21-18-,28-25-,32-31-,35-34-,45-27-,54-51-,63-60-. The molecule has 456 valence electrons. The van der Waals surface area contributed by atoms with Gasteiger partial charge in [-0.05, 0) is 89.9 Å². The van der Waals surface area contributed by atoms with E-state index in [1.807, 2.05) is 6.08 Å². The van der Waals surface area contributed by atoms with E-state index in [1.54, 1.807) is 6.08 Å². The molecule has 0 N–H and O–H groups in total. The molecule has 0 heterocycles. The molecule has 0 amide bonds. The molecule has 0 aliphatic heterocycles. The lowest BCUT2D eigenvalue weighted by Crippen LogP contribution is -2.30. The summed E-state index contributed by atoms with van der Waals surface area (Å²) in [5, 5.41) is 0. The van der Waals surface area contributed by atoms with Crippen molar-refractivity contribution >= 4 is 17.9 Å². The number of carbonyl (C=O) groups is 3. The predicted molar refractivity (Wildman–Crippen MR) is 348 cm³/mol. The molecule has 80 heavy (non-hydrogen) atoms. The summed E-state index contributed by atoms with van der Waals surface area (Å²) in [5.41, 5.74) is 0. The van der Waals surface area contributed by atoms with Crippen LogP contribution in [0, 0.1) is 0 Å². The highest BCUT2D eigenvalue weighted by Crippen LogP contribution is 2.17. The SMILES string of the molecule is CC/C=C\C/C=C\C/C=C\C/C=C\C/C=C\CCCCCCCCCCCCCCCCCC(=O)OCC(COC(=O)C/C=C\C/C=C\C/C=C\C/C=C\C/C=C\CC)OC(=O)CCCCCCCCCCCCCCCCCC. The van der Waals surface area contributed by atoms with Gasteiger partial charge in [0.25, 0.3) is 0 Å². The van der Waals surface area contributed by atoms with E-state index in [4.69, 9.17) is 14.2 Å². The van der Waals surface area contributed by atoms with Crippen LogP contribution in [-0.2, 0) is 28.6 Å². The molecule has 0 spiro atoms. The Balaban J connectivity index is 4.29. The van der Waals surface area contributed by atoms with Crippen LogP contribution in [0.3, 0.4) is 0 Å². The van der Waals surface area contributed by atoms with Gasteiger partial charge in [-0.1, -0.05) is 322 Å². The maximum absolute atomic E-state index is 12.9. The van der Waals surface area contributed by atoms with Gasteiger partial charge in [-0.2, -0.15) is 0 Å². The van der Waals surface area contributed by atoms with Crippen molar-refractivity contribution in [1.29, 1.82) is 0 Å². The molecule has 0 aromatic rings. The van der Waals surface area contributed by atoms with Crippen LogP contribution in [-0.4, -0.2) is 37.2 Å². The number of ether oxygens (including phenoxy) is 3. The molecule has 0 aromatic heterocycles. The van der Waals surface area contributed by atoms with Gasteiger partial charge in [-0.15, -0.1) is 0 Å². The van der Waals surface area contributed by atoms with E-state index in [-0.39, 0.29) is 31.6 Å². The first-order valence-electron chi connectivity index (χ1n) is 33.5. The Bertz CT molecular complexity index is 1650. The Hall–Kier alpha value is -4.19. The smallest absolute Gasteiger partial charge is 0.309 e. The number of unbranched alkanes of at least 4 members (excludes halogenated alkanes) is 30. The molecule has 0 aromatic carbocycles. The van der Waals surface area contributed by atoms with Crippen LogP contribution in [0.1, 0.15) is 310 Å². The Morgan fingerprint density at radius 1 is 0.275 bits per heavy atom. The number of hydrogen-bond acceptors (Lipinski definition) is 6. The van der Waals surface area contributed by atoms with Crippen LogP contribution in [0.2, 0.25) is 0 Å². The lowest BCUT2D eigenvalue weighted by atomic mass is 10.0. The van der Waals surface area contributed by atoms with Crippen molar-refractivity contribution in [2.75, 3.05) is 13.2 Å². The van der Waals surface area contributed by atoms with Gasteiger partial charge in [0.2, 0.25) is 0 Å². The molecule has 6 nitrogen and oxygen atoms in total. The maximum Gasteiger partial charge on any atom is 0.309 e. The summed E-state index contributed by atoms with van der Waals surface area (Å²) in [5.74, 6) is -1.03. The summed E-state index contributed by atoms with van der Waals surface area (Å²) < 4.78 is 16.8. The first kappa shape index (κ1) is 75.8. The van der Waals surface area contributed by atoms with Crippen LogP contribution in [0.25, 0.3) is 0 Å². The molecule has 0 aliphatic carbocycles. The highest BCUT2D eigenvalue weighted by molar-refractivity contribution is 5.72. The summed E-state index contributed by atoms with van der Waals surface area (Å²) in [6.45, 7) is 6.35. The molecule has 0 fully saturated rings. The molecular formula is C74H124O6. The van der Waals surface area contributed by atoms with Crippen molar-refractivity contribution in [2.45, 2.75) is 316 Å². The zero-order chi connectivity index (χ0) is 57.8. The maximum atomic E-state index is 12.9. The quantitative estimate of drug-likeness (QED) is 0.0261. The molecule has 0 saturated carbocycles. The third-order valence-electron chi connectivity index (χ3n) is 14.2. The van der Waals surface area contributed by atoms with Crippen LogP contribution < -0.4 is 0 Å². The Kier molecular flexibility index (Phi) is 63.8. The Morgan fingerprint density at radius 3 is 0.875 bits per heavy atom. The number of allylic oxidation sites excluding steroid dienone is 19. The second-order valence-corrected chi connectivity index (χ2v) is 22.0. The largest absolute Gasteiger partial charge is 0.462 e. The van der Waals surface area contributed by atoms with Gasteiger partial charge in [0, 0.05) is 12.8 Å². The Labute approximate surface area is 494 Å². The zero-order valence-electron chi connectivity index (χ0n) is 52.3. The van der Waals surface area contributed by atoms with Crippen molar-refractivity contribution in [3.05, 3.63) is 122 Å². The first-order valence-corrected chi connectivity index (χ1v) is 33.5. The van der Waals surface area contributed by atoms with Crippen molar-refractivity contribution in [2.24, 2.45) is 0 Å². The number of hydrogen-bond donors (Lipinski definition) is 0. The topological polar surface area (TPSA) is 78.9 Å². The van der Waals surface area contributed by atoms with Crippen LogP contribution >= 0.6 is 0 Å². The van der Waals surface area contributed by atoms with Crippen molar-refractivity contribution in [3.8, 4) is 0 Å². The summed E-state index contributed by atoms with van der Waals surface area (Å²) in [6.07, 6.45) is 93.9. The minimum Gasteiger partial charge on any atom is -0.462 e. The van der Waals surface area contributed by atoms with Gasteiger partial charge in [0.05, 0.1) is 6.42 Å². The highest BCUT2D eigenvalue weighted by atomic mass is 16.6. The molecule has 0 saturated heterocycles. The van der Waals surface area contributed by atoms with Gasteiger partial charge in [-0.3, -0.25) is 14.4 Å². The zero-order valence-corrected chi connectivity index (χ0v) is 52.3. The summed E-state index contributed by atoms with van der Waals surface area (Å²) in [4.78, 5) is 38.3. The highest BCUT2D eigenvalue weighted by Gasteiger charge is 2.19. The van der Waals surface area contributed by atoms with E-state index in [9.17, 15) is 14.4 Å². The van der Waals surface area contributed by atoms with Crippen molar-refractivity contribution in [3.63, 3.8) is 0 Å². The fourth-order valence-electron chi connectivity index (χ4n) is 9.31. The summed E-state index contributed by atoms with van der Waals surface area (Å²) >= 11 is 0. The van der Waals surface area contributed by atoms with Crippen LogP contribution in [0.4, 0.5) is 0 Å². The molecule has 1 unspecified atom stereocenters. The van der Waals surface area contributed by atoms with Crippen molar-refractivity contribution < 1.29 is 28.6 Å². The second-order valence-electron chi connectivity index (χ2n) is 22.0. The number of esters is 3. The normalized spacial score (nSPS) is 12.9. The van der Waals surface area contributed by atoms with E-state index in [0.29, 0.717) is 12.8 Å².